The molecule has 0 amide bonds. The van der Waals surface area contributed by atoms with Gasteiger partial charge in [-0.2, -0.15) is 5.10 Å². The molecular weight excluding hydrogens is 444 g/mol. The number of fused-ring (bicyclic) bond motifs is 1. The van der Waals surface area contributed by atoms with Crippen LogP contribution in [0.1, 0.15) is 48.0 Å². The number of carboxylic acids is 1. The van der Waals surface area contributed by atoms with E-state index in [0.717, 1.165) is 41.0 Å². The Labute approximate surface area is 203 Å². The fourth-order valence-electron chi connectivity index (χ4n) is 4.50. The number of carbonyl (C=O) groups is 1. The molecule has 8 heteroatoms. The first-order valence-electron chi connectivity index (χ1n) is 11.9. The number of aromatic carboxylic acids is 1. The SMILES string of the molecule is COc1ccc(Cn2nc(NC3CCCCC3)c3c(Oc4ccc(C(=O)O)cc4)ccnc32)cc1. The molecule has 2 aromatic carbocycles. The topological polar surface area (TPSA) is 98.5 Å². The van der Waals surface area contributed by atoms with E-state index in [-0.39, 0.29) is 5.56 Å². The summed E-state index contributed by atoms with van der Waals surface area (Å²) in [6.45, 7) is 0.552. The van der Waals surface area contributed by atoms with Crippen molar-refractivity contribution in [3.8, 4) is 17.2 Å². The van der Waals surface area contributed by atoms with Gasteiger partial charge < -0.3 is 19.9 Å². The number of hydrogen-bond acceptors (Lipinski definition) is 6. The van der Waals surface area contributed by atoms with Crippen LogP contribution >= 0.6 is 0 Å². The first-order valence-corrected chi connectivity index (χ1v) is 11.9. The number of carboxylic acid groups (broad SMARTS) is 1. The number of hydrogen-bond donors (Lipinski definition) is 2. The van der Waals surface area contributed by atoms with Crippen LogP contribution in [0.3, 0.4) is 0 Å². The van der Waals surface area contributed by atoms with Crippen molar-refractivity contribution in [2.45, 2.75) is 44.7 Å². The van der Waals surface area contributed by atoms with Crippen molar-refractivity contribution in [2.24, 2.45) is 0 Å². The van der Waals surface area contributed by atoms with E-state index in [1.807, 2.05) is 35.0 Å². The van der Waals surface area contributed by atoms with Crippen molar-refractivity contribution in [3.63, 3.8) is 0 Å². The van der Waals surface area contributed by atoms with Gasteiger partial charge in [-0.1, -0.05) is 31.4 Å². The summed E-state index contributed by atoms with van der Waals surface area (Å²) in [7, 11) is 1.65. The average Bonchev–Trinajstić information content (AvgIpc) is 3.23. The lowest BCUT2D eigenvalue weighted by atomic mass is 9.95. The fourth-order valence-corrected chi connectivity index (χ4v) is 4.50. The second-order valence-corrected chi connectivity index (χ2v) is 8.77. The molecule has 0 saturated heterocycles. The van der Waals surface area contributed by atoms with Gasteiger partial charge in [0.05, 0.1) is 19.2 Å². The summed E-state index contributed by atoms with van der Waals surface area (Å²) in [6, 6.07) is 16.5. The van der Waals surface area contributed by atoms with Crippen LogP contribution in [0.5, 0.6) is 17.2 Å². The minimum atomic E-state index is -0.971. The van der Waals surface area contributed by atoms with Crippen molar-refractivity contribution < 1.29 is 19.4 Å². The molecule has 0 bridgehead atoms. The molecule has 8 nitrogen and oxygen atoms in total. The van der Waals surface area contributed by atoms with Crippen molar-refractivity contribution in [1.82, 2.24) is 14.8 Å². The molecule has 2 aromatic heterocycles. The number of anilines is 1. The zero-order valence-electron chi connectivity index (χ0n) is 19.6. The summed E-state index contributed by atoms with van der Waals surface area (Å²) in [6.07, 6.45) is 7.62. The van der Waals surface area contributed by atoms with Gasteiger partial charge in [0, 0.05) is 18.3 Å². The van der Waals surface area contributed by atoms with Crippen LogP contribution in [0.25, 0.3) is 11.0 Å². The zero-order chi connectivity index (χ0) is 24.2. The maximum atomic E-state index is 11.2. The van der Waals surface area contributed by atoms with Crippen LogP contribution in [0, 0.1) is 0 Å². The van der Waals surface area contributed by atoms with E-state index in [1.54, 1.807) is 25.4 Å². The predicted octanol–water partition coefficient (Wildman–Crippen LogP) is 5.72. The minimum absolute atomic E-state index is 0.212. The van der Waals surface area contributed by atoms with E-state index in [1.165, 1.54) is 31.4 Å². The van der Waals surface area contributed by atoms with Crippen molar-refractivity contribution in [3.05, 3.63) is 71.9 Å². The molecule has 180 valence electrons. The number of nitrogens with one attached hydrogen (secondary N) is 1. The molecule has 0 aliphatic heterocycles. The molecular formula is C27H28N4O4. The summed E-state index contributed by atoms with van der Waals surface area (Å²) in [5.74, 6) is 1.76. The lowest BCUT2D eigenvalue weighted by Gasteiger charge is -2.22. The highest BCUT2D eigenvalue weighted by Gasteiger charge is 2.21. The van der Waals surface area contributed by atoms with Crippen molar-refractivity contribution in [1.29, 1.82) is 0 Å². The maximum absolute atomic E-state index is 11.2. The lowest BCUT2D eigenvalue weighted by molar-refractivity contribution is 0.0697. The Morgan fingerprint density at radius 3 is 2.43 bits per heavy atom. The highest BCUT2D eigenvalue weighted by Crippen LogP contribution is 2.35. The van der Waals surface area contributed by atoms with Gasteiger partial charge in [0.25, 0.3) is 0 Å². The first-order chi connectivity index (χ1) is 17.1. The second-order valence-electron chi connectivity index (χ2n) is 8.77. The van der Waals surface area contributed by atoms with E-state index in [9.17, 15) is 9.90 Å². The van der Waals surface area contributed by atoms with Crippen LogP contribution < -0.4 is 14.8 Å². The molecule has 35 heavy (non-hydrogen) atoms. The summed E-state index contributed by atoms with van der Waals surface area (Å²) < 4.78 is 13.4. The van der Waals surface area contributed by atoms with E-state index in [4.69, 9.17) is 14.6 Å². The molecule has 1 aliphatic rings. The van der Waals surface area contributed by atoms with Gasteiger partial charge >= 0.3 is 5.97 Å². The number of methoxy groups -OCH3 is 1. The Balaban J connectivity index is 1.51. The molecule has 0 radical (unpaired) electrons. The van der Waals surface area contributed by atoms with Crippen LogP contribution in [0.2, 0.25) is 0 Å². The number of pyridine rings is 1. The molecule has 0 atom stereocenters. The van der Waals surface area contributed by atoms with E-state index in [2.05, 4.69) is 10.3 Å². The number of benzene rings is 2. The number of rotatable bonds is 8. The van der Waals surface area contributed by atoms with E-state index in [0.29, 0.717) is 24.1 Å². The van der Waals surface area contributed by atoms with Crippen LogP contribution in [0.15, 0.2) is 60.8 Å². The third-order valence-electron chi connectivity index (χ3n) is 6.36. The Kier molecular flexibility index (Phi) is 6.52. The van der Waals surface area contributed by atoms with Gasteiger partial charge in [-0.25, -0.2) is 14.5 Å². The van der Waals surface area contributed by atoms with Gasteiger partial charge in [0.15, 0.2) is 11.5 Å². The molecule has 1 fully saturated rings. The smallest absolute Gasteiger partial charge is 0.335 e. The Morgan fingerprint density at radius 2 is 1.74 bits per heavy atom. The monoisotopic (exact) mass is 472 g/mol. The summed E-state index contributed by atoms with van der Waals surface area (Å²) in [5, 5.41) is 18.6. The minimum Gasteiger partial charge on any atom is -0.497 e. The summed E-state index contributed by atoms with van der Waals surface area (Å²) >= 11 is 0. The second kappa shape index (κ2) is 10.0. The summed E-state index contributed by atoms with van der Waals surface area (Å²) in [4.78, 5) is 15.8. The van der Waals surface area contributed by atoms with Crippen LogP contribution in [-0.4, -0.2) is 39.0 Å². The normalized spacial score (nSPS) is 14.1. The lowest BCUT2D eigenvalue weighted by Crippen LogP contribution is -2.22. The predicted molar refractivity (Wildman–Crippen MR) is 134 cm³/mol. The average molecular weight is 473 g/mol. The van der Waals surface area contributed by atoms with Crippen molar-refractivity contribution >= 4 is 22.8 Å². The molecule has 1 aliphatic carbocycles. The third-order valence-corrected chi connectivity index (χ3v) is 6.36. The van der Waals surface area contributed by atoms with Gasteiger partial charge in [-0.3, -0.25) is 0 Å². The van der Waals surface area contributed by atoms with E-state index >= 15 is 0 Å². The molecule has 5 rings (SSSR count). The molecule has 1 saturated carbocycles. The van der Waals surface area contributed by atoms with Crippen molar-refractivity contribution in [2.75, 3.05) is 12.4 Å². The Morgan fingerprint density at radius 1 is 1.03 bits per heavy atom. The standard InChI is InChI=1S/C27H28N4O4/c1-34-21-11-7-18(8-12-21)17-31-26-24(25(30-31)29-20-5-3-2-4-6-20)23(15-16-28-26)35-22-13-9-19(10-14-22)27(32)33/h7-16,20H,2-6,17H2,1H3,(H,29,30)(H,32,33). The maximum Gasteiger partial charge on any atom is 0.335 e. The Bertz CT molecular complexity index is 1310. The third kappa shape index (κ3) is 5.06. The molecule has 4 aromatic rings. The molecule has 0 spiro atoms. The quantitative estimate of drug-likeness (QED) is 0.338. The van der Waals surface area contributed by atoms with Gasteiger partial charge in [-0.05, 0) is 54.8 Å². The van der Waals surface area contributed by atoms with Gasteiger partial charge in [0.1, 0.15) is 22.6 Å². The van der Waals surface area contributed by atoms with Crippen LogP contribution in [0.4, 0.5) is 5.82 Å². The van der Waals surface area contributed by atoms with Crippen LogP contribution in [-0.2, 0) is 6.54 Å². The summed E-state index contributed by atoms with van der Waals surface area (Å²) in [5.41, 5.74) is 2.01. The molecule has 2 N–H and O–H groups in total. The molecule has 0 unspecified atom stereocenters. The largest absolute Gasteiger partial charge is 0.497 e. The molecule has 2 heterocycles. The van der Waals surface area contributed by atoms with Gasteiger partial charge in [-0.15, -0.1) is 0 Å². The van der Waals surface area contributed by atoms with Gasteiger partial charge in [0.2, 0.25) is 0 Å². The van der Waals surface area contributed by atoms with E-state index < -0.39 is 5.97 Å². The zero-order valence-corrected chi connectivity index (χ0v) is 19.6. The fraction of sp³-hybridized carbons (Fsp3) is 0.296. The first kappa shape index (κ1) is 22.7. The number of ether oxygens (including phenoxy) is 2. The highest BCUT2D eigenvalue weighted by atomic mass is 16.5. The highest BCUT2D eigenvalue weighted by molar-refractivity contribution is 5.93. The number of aromatic nitrogens is 3. The number of nitrogens with zero attached hydrogens (tertiary/aromatic N) is 3. The Hall–Kier alpha value is -4.07.